The molecule has 0 aromatic heterocycles. The summed E-state index contributed by atoms with van der Waals surface area (Å²) in [6.07, 6.45) is -0.418. The summed E-state index contributed by atoms with van der Waals surface area (Å²) >= 11 is 0. The van der Waals surface area contributed by atoms with Crippen molar-refractivity contribution in [3.05, 3.63) is 35.9 Å². The van der Waals surface area contributed by atoms with Crippen molar-refractivity contribution in [1.82, 2.24) is 9.80 Å². The van der Waals surface area contributed by atoms with Gasteiger partial charge in [0.15, 0.2) is 9.84 Å². The molecule has 0 aliphatic carbocycles. The van der Waals surface area contributed by atoms with Gasteiger partial charge in [0, 0.05) is 25.7 Å². The third-order valence-corrected chi connectivity index (χ3v) is 6.35. The Balaban J connectivity index is 1.79. The van der Waals surface area contributed by atoms with Crippen LogP contribution in [-0.4, -0.2) is 66.6 Å². The number of fused-ring (bicyclic) bond motifs is 1. The van der Waals surface area contributed by atoms with Gasteiger partial charge in [-0.1, -0.05) is 30.3 Å². The summed E-state index contributed by atoms with van der Waals surface area (Å²) in [7, 11) is -3.16. The van der Waals surface area contributed by atoms with Gasteiger partial charge in [0.05, 0.1) is 17.5 Å². The Kier molecular flexibility index (Phi) is 4.81. The summed E-state index contributed by atoms with van der Waals surface area (Å²) in [5.74, 6) is 0.117. The average Bonchev–Trinajstić information content (AvgIpc) is 2.82. The van der Waals surface area contributed by atoms with Gasteiger partial charge in [-0.2, -0.15) is 0 Å². The quantitative estimate of drug-likeness (QED) is 0.800. The number of benzene rings is 1. The number of sulfone groups is 1. The van der Waals surface area contributed by atoms with Crippen LogP contribution in [0.4, 0.5) is 4.79 Å². The molecule has 0 N–H and O–H groups in total. The third kappa shape index (κ3) is 4.33. The first-order valence-electron chi connectivity index (χ1n) is 8.63. The lowest BCUT2D eigenvalue weighted by atomic mass is 10.0. The summed E-state index contributed by atoms with van der Waals surface area (Å²) in [5, 5.41) is 0. The van der Waals surface area contributed by atoms with Crippen LogP contribution in [-0.2, 0) is 21.1 Å². The number of piperazine rings is 1. The summed E-state index contributed by atoms with van der Waals surface area (Å²) in [6.45, 7) is 7.28. The van der Waals surface area contributed by atoms with E-state index in [1.807, 2.05) is 51.1 Å². The molecule has 6 nitrogen and oxygen atoms in total. The first kappa shape index (κ1) is 18.2. The van der Waals surface area contributed by atoms with Gasteiger partial charge in [0.2, 0.25) is 0 Å². The zero-order valence-electron chi connectivity index (χ0n) is 15.0. The number of hydrogen-bond donors (Lipinski definition) is 0. The summed E-state index contributed by atoms with van der Waals surface area (Å²) < 4.78 is 30.0. The van der Waals surface area contributed by atoms with Crippen molar-refractivity contribution in [2.75, 3.05) is 24.6 Å². The SMILES string of the molecule is CC(C)(C)OC(=O)N1CCN(Cc2ccccc2)[C@H]2CS(=O)(=O)C[C@H]21. The van der Waals surface area contributed by atoms with Crippen LogP contribution in [0.3, 0.4) is 0 Å². The molecule has 7 heteroatoms. The van der Waals surface area contributed by atoms with Crippen molar-refractivity contribution in [2.24, 2.45) is 0 Å². The second-order valence-electron chi connectivity index (χ2n) is 7.84. The van der Waals surface area contributed by atoms with Crippen LogP contribution >= 0.6 is 0 Å². The van der Waals surface area contributed by atoms with Gasteiger partial charge < -0.3 is 9.64 Å². The number of nitrogens with zero attached hydrogens (tertiary/aromatic N) is 2. The van der Waals surface area contributed by atoms with Gasteiger partial charge >= 0.3 is 6.09 Å². The molecule has 1 aromatic carbocycles. The maximum atomic E-state index is 12.5. The molecule has 2 aliphatic heterocycles. The summed E-state index contributed by atoms with van der Waals surface area (Å²) in [5.41, 5.74) is 0.557. The van der Waals surface area contributed by atoms with Crippen LogP contribution < -0.4 is 0 Å². The van der Waals surface area contributed by atoms with E-state index in [2.05, 4.69) is 4.90 Å². The molecule has 1 aromatic rings. The van der Waals surface area contributed by atoms with Gasteiger partial charge in [0.1, 0.15) is 5.60 Å². The largest absolute Gasteiger partial charge is 0.444 e. The van der Waals surface area contributed by atoms with Crippen LogP contribution in [0.15, 0.2) is 30.3 Å². The standard InChI is InChI=1S/C18H26N2O4S/c1-18(2,3)24-17(21)20-10-9-19(11-14-7-5-4-6-8-14)15-12-25(22,23)13-16(15)20/h4-8,15-16H,9-13H2,1-3H3/t15-,16+/m0/s1. The molecule has 2 heterocycles. The lowest BCUT2D eigenvalue weighted by Crippen LogP contribution is -2.60. The number of rotatable bonds is 2. The van der Waals surface area contributed by atoms with Crippen LogP contribution in [0, 0.1) is 0 Å². The van der Waals surface area contributed by atoms with Crippen molar-refractivity contribution in [2.45, 2.75) is 45.0 Å². The van der Waals surface area contributed by atoms with Gasteiger partial charge in [0.25, 0.3) is 0 Å². The van der Waals surface area contributed by atoms with E-state index in [4.69, 9.17) is 4.74 Å². The van der Waals surface area contributed by atoms with Gasteiger partial charge in [-0.05, 0) is 26.3 Å². The van der Waals surface area contributed by atoms with E-state index in [9.17, 15) is 13.2 Å². The molecule has 138 valence electrons. The molecule has 0 bridgehead atoms. The number of amides is 1. The van der Waals surface area contributed by atoms with Gasteiger partial charge in [-0.15, -0.1) is 0 Å². The molecule has 0 radical (unpaired) electrons. The first-order valence-corrected chi connectivity index (χ1v) is 10.4. The molecule has 2 aliphatic rings. The number of ether oxygens (including phenoxy) is 1. The summed E-state index contributed by atoms with van der Waals surface area (Å²) in [4.78, 5) is 16.3. The molecule has 3 rings (SSSR count). The summed E-state index contributed by atoms with van der Waals surface area (Å²) in [6, 6.07) is 9.50. The molecule has 2 atom stereocenters. The molecule has 0 spiro atoms. The van der Waals surface area contributed by atoms with E-state index in [0.717, 1.165) is 5.56 Å². The number of carbonyl (C=O) groups is 1. The highest BCUT2D eigenvalue weighted by Gasteiger charge is 2.48. The Morgan fingerprint density at radius 2 is 1.76 bits per heavy atom. The van der Waals surface area contributed by atoms with Crippen LogP contribution in [0.2, 0.25) is 0 Å². The molecule has 2 fully saturated rings. The second kappa shape index (κ2) is 6.61. The zero-order valence-corrected chi connectivity index (χ0v) is 15.8. The van der Waals surface area contributed by atoms with Crippen LogP contribution in [0.25, 0.3) is 0 Å². The minimum absolute atomic E-state index is 0.0161. The Labute approximate surface area is 149 Å². The molecule has 0 unspecified atom stereocenters. The molecule has 25 heavy (non-hydrogen) atoms. The lowest BCUT2D eigenvalue weighted by Gasteiger charge is -2.44. The fourth-order valence-corrected chi connectivity index (χ4v) is 5.60. The highest BCUT2D eigenvalue weighted by Crippen LogP contribution is 2.29. The minimum Gasteiger partial charge on any atom is -0.444 e. The van der Waals surface area contributed by atoms with Crippen molar-refractivity contribution in [3.63, 3.8) is 0 Å². The predicted molar refractivity (Wildman–Crippen MR) is 96.0 cm³/mol. The van der Waals surface area contributed by atoms with Gasteiger partial charge in [-0.25, -0.2) is 13.2 Å². The number of carbonyl (C=O) groups excluding carboxylic acids is 1. The van der Waals surface area contributed by atoms with Gasteiger partial charge in [-0.3, -0.25) is 4.90 Å². The molecule has 1 amide bonds. The number of hydrogen-bond acceptors (Lipinski definition) is 5. The normalized spacial score (nSPS) is 26.3. The van der Waals surface area contributed by atoms with E-state index in [1.165, 1.54) is 0 Å². The van der Waals surface area contributed by atoms with Crippen molar-refractivity contribution >= 4 is 15.9 Å². The Morgan fingerprint density at radius 3 is 2.40 bits per heavy atom. The minimum atomic E-state index is -3.16. The molecular formula is C18H26N2O4S. The van der Waals surface area contributed by atoms with E-state index in [-0.39, 0.29) is 23.6 Å². The molecule has 0 saturated carbocycles. The molecular weight excluding hydrogens is 340 g/mol. The van der Waals surface area contributed by atoms with E-state index in [0.29, 0.717) is 19.6 Å². The Bertz CT molecular complexity index is 727. The predicted octanol–water partition coefficient (Wildman–Crippen LogP) is 1.90. The van der Waals surface area contributed by atoms with E-state index >= 15 is 0 Å². The first-order chi connectivity index (χ1) is 11.6. The third-order valence-electron chi connectivity index (χ3n) is 4.65. The van der Waals surface area contributed by atoms with Crippen LogP contribution in [0.1, 0.15) is 26.3 Å². The fraction of sp³-hybridized carbons (Fsp3) is 0.611. The average molecular weight is 366 g/mol. The maximum absolute atomic E-state index is 12.5. The van der Waals surface area contributed by atoms with Crippen molar-refractivity contribution in [3.8, 4) is 0 Å². The van der Waals surface area contributed by atoms with Crippen molar-refractivity contribution < 1.29 is 17.9 Å². The molecule has 2 saturated heterocycles. The highest BCUT2D eigenvalue weighted by atomic mass is 32.2. The maximum Gasteiger partial charge on any atom is 0.410 e. The van der Waals surface area contributed by atoms with E-state index < -0.39 is 21.5 Å². The smallest absolute Gasteiger partial charge is 0.410 e. The Hall–Kier alpha value is -1.60. The fourth-order valence-electron chi connectivity index (χ4n) is 3.59. The second-order valence-corrected chi connectivity index (χ2v) is 10.00. The topological polar surface area (TPSA) is 66.9 Å². The lowest BCUT2D eigenvalue weighted by molar-refractivity contribution is -0.0105. The van der Waals surface area contributed by atoms with Crippen molar-refractivity contribution in [1.29, 1.82) is 0 Å². The van der Waals surface area contributed by atoms with E-state index in [1.54, 1.807) is 4.90 Å². The monoisotopic (exact) mass is 366 g/mol. The zero-order chi connectivity index (χ0) is 18.2. The Morgan fingerprint density at radius 1 is 1.12 bits per heavy atom. The van der Waals surface area contributed by atoms with Crippen LogP contribution in [0.5, 0.6) is 0 Å². The highest BCUT2D eigenvalue weighted by molar-refractivity contribution is 7.91.